The molecule has 0 aliphatic heterocycles. The van der Waals surface area contributed by atoms with E-state index in [1.807, 2.05) is 0 Å². The fourth-order valence-corrected chi connectivity index (χ4v) is 5.57. The minimum Gasteiger partial charge on any atom is -0.385 e. The highest BCUT2D eigenvalue weighted by Gasteiger charge is 2.42. The maximum atomic E-state index is 11.4. The third-order valence-electron chi connectivity index (χ3n) is 6.85. The van der Waals surface area contributed by atoms with Gasteiger partial charge in [-0.3, -0.25) is 0 Å². The van der Waals surface area contributed by atoms with Crippen LogP contribution in [0.15, 0.2) is 24.3 Å². The van der Waals surface area contributed by atoms with Gasteiger partial charge in [-0.25, -0.2) is 0 Å². The summed E-state index contributed by atoms with van der Waals surface area (Å²) < 4.78 is 0. The lowest BCUT2D eigenvalue weighted by Gasteiger charge is -2.34. The lowest BCUT2D eigenvalue weighted by atomic mass is 9.75. The van der Waals surface area contributed by atoms with Gasteiger partial charge in [0.15, 0.2) is 0 Å². The molecule has 2 saturated carbocycles. The predicted octanol–water partition coefficient (Wildman–Crippen LogP) is 5.84. The first-order valence-corrected chi connectivity index (χ1v) is 9.82. The molecule has 2 fully saturated rings. The minimum absolute atomic E-state index is 0.633. The summed E-state index contributed by atoms with van der Waals surface area (Å²) in [5.41, 5.74) is 1.75. The molecule has 0 heterocycles. The van der Waals surface area contributed by atoms with Crippen molar-refractivity contribution in [2.75, 3.05) is 0 Å². The number of aliphatic hydroxyl groups is 1. The van der Waals surface area contributed by atoms with E-state index < -0.39 is 5.60 Å². The molecule has 1 nitrogen and oxygen atoms in total. The van der Waals surface area contributed by atoms with Crippen LogP contribution in [0.3, 0.4) is 0 Å². The number of rotatable bonds is 7. The van der Waals surface area contributed by atoms with Gasteiger partial charge in [0.05, 0.1) is 5.60 Å². The first-order valence-electron chi connectivity index (χ1n) is 9.82. The van der Waals surface area contributed by atoms with Gasteiger partial charge in [-0.15, -0.1) is 0 Å². The summed E-state index contributed by atoms with van der Waals surface area (Å²) in [5, 5.41) is 11.4. The predicted molar refractivity (Wildman–Crippen MR) is 97.3 cm³/mol. The summed E-state index contributed by atoms with van der Waals surface area (Å²) in [4.78, 5) is 0. The van der Waals surface area contributed by atoms with Crippen molar-refractivity contribution >= 4 is 0 Å². The molecule has 0 spiro atoms. The van der Waals surface area contributed by atoms with Crippen molar-refractivity contribution in [3.8, 4) is 0 Å². The van der Waals surface area contributed by atoms with Gasteiger partial charge in [0.1, 0.15) is 0 Å². The van der Waals surface area contributed by atoms with Gasteiger partial charge >= 0.3 is 0 Å². The molecule has 0 amide bonds. The van der Waals surface area contributed by atoms with E-state index in [1.165, 1.54) is 37.7 Å². The molecule has 0 aromatic heterocycles. The molecular formula is C22H34O. The molecule has 0 saturated heterocycles. The van der Waals surface area contributed by atoms with Gasteiger partial charge in [-0.1, -0.05) is 51.0 Å². The van der Waals surface area contributed by atoms with Crippen molar-refractivity contribution in [2.45, 2.75) is 77.7 Å². The van der Waals surface area contributed by atoms with Crippen LogP contribution in [0.25, 0.3) is 0 Å². The van der Waals surface area contributed by atoms with Crippen LogP contribution in [-0.2, 0) is 5.60 Å². The SMILES string of the molecule is CCC[C@@](O)(CCC(C)C1CC2CCC1C2)c1ccccc1C. The molecule has 1 N–H and O–H groups in total. The molecule has 1 heteroatoms. The highest BCUT2D eigenvalue weighted by Crippen LogP contribution is 2.52. The lowest BCUT2D eigenvalue weighted by molar-refractivity contribution is 0.00773. The molecule has 1 aromatic carbocycles. The quantitative estimate of drug-likeness (QED) is 0.670. The smallest absolute Gasteiger partial charge is 0.0899 e. The zero-order valence-electron chi connectivity index (χ0n) is 15.2. The number of aryl methyl sites for hydroxylation is 1. The second kappa shape index (κ2) is 6.97. The minimum atomic E-state index is -0.633. The maximum absolute atomic E-state index is 11.4. The largest absolute Gasteiger partial charge is 0.385 e. The third-order valence-corrected chi connectivity index (χ3v) is 6.85. The van der Waals surface area contributed by atoms with Crippen LogP contribution >= 0.6 is 0 Å². The number of hydrogen-bond donors (Lipinski definition) is 1. The van der Waals surface area contributed by atoms with Gasteiger partial charge < -0.3 is 5.11 Å². The van der Waals surface area contributed by atoms with Crippen molar-refractivity contribution in [3.63, 3.8) is 0 Å². The summed E-state index contributed by atoms with van der Waals surface area (Å²) in [6.07, 6.45) is 9.90. The third kappa shape index (κ3) is 3.50. The first kappa shape index (κ1) is 17.0. The van der Waals surface area contributed by atoms with E-state index in [4.69, 9.17) is 0 Å². The summed E-state index contributed by atoms with van der Waals surface area (Å²) in [5.74, 6) is 3.71. The highest BCUT2D eigenvalue weighted by atomic mass is 16.3. The fraction of sp³-hybridized carbons (Fsp3) is 0.727. The van der Waals surface area contributed by atoms with Gasteiger partial charge in [-0.2, -0.15) is 0 Å². The zero-order chi connectivity index (χ0) is 16.4. The topological polar surface area (TPSA) is 20.2 Å². The van der Waals surface area contributed by atoms with Crippen molar-refractivity contribution in [2.24, 2.45) is 23.7 Å². The van der Waals surface area contributed by atoms with Crippen LogP contribution in [0.5, 0.6) is 0 Å². The van der Waals surface area contributed by atoms with Gasteiger partial charge in [0, 0.05) is 0 Å². The Labute approximate surface area is 142 Å². The van der Waals surface area contributed by atoms with Gasteiger partial charge in [-0.05, 0) is 80.2 Å². The summed E-state index contributed by atoms with van der Waals surface area (Å²) in [6.45, 7) is 6.76. The molecule has 2 aliphatic rings. The molecule has 0 radical (unpaired) electrons. The van der Waals surface area contributed by atoms with Crippen molar-refractivity contribution in [1.29, 1.82) is 0 Å². The van der Waals surface area contributed by atoms with Crippen LogP contribution in [0, 0.1) is 30.6 Å². The molecule has 4 unspecified atom stereocenters. The molecule has 2 bridgehead atoms. The first-order chi connectivity index (χ1) is 11.0. The second-order valence-corrected chi connectivity index (χ2v) is 8.45. The lowest BCUT2D eigenvalue weighted by Crippen LogP contribution is -2.29. The average Bonchev–Trinajstić information content (AvgIpc) is 3.16. The standard InChI is InChI=1S/C22H34O/c1-4-12-22(23,21-8-6-5-7-17(21)3)13-11-16(2)20-15-18-9-10-19(20)14-18/h5-8,16,18-20,23H,4,9-15H2,1-3H3/t16?,18?,19?,20?,22-/m1/s1. The molecular weight excluding hydrogens is 280 g/mol. The van der Waals surface area contributed by atoms with Crippen LogP contribution < -0.4 is 0 Å². The molecule has 23 heavy (non-hydrogen) atoms. The van der Waals surface area contributed by atoms with Crippen LogP contribution in [0.1, 0.15) is 76.3 Å². The van der Waals surface area contributed by atoms with E-state index in [2.05, 4.69) is 45.0 Å². The van der Waals surface area contributed by atoms with Gasteiger partial charge in [0.2, 0.25) is 0 Å². The molecule has 5 atom stereocenters. The Morgan fingerprint density at radius 3 is 2.57 bits per heavy atom. The Morgan fingerprint density at radius 1 is 1.17 bits per heavy atom. The molecule has 2 aliphatic carbocycles. The van der Waals surface area contributed by atoms with E-state index in [9.17, 15) is 5.11 Å². The van der Waals surface area contributed by atoms with Crippen molar-refractivity contribution < 1.29 is 5.11 Å². The normalized spacial score (nSPS) is 30.3. The van der Waals surface area contributed by atoms with E-state index in [-0.39, 0.29) is 0 Å². The van der Waals surface area contributed by atoms with E-state index >= 15 is 0 Å². The molecule has 3 rings (SSSR count). The van der Waals surface area contributed by atoms with Crippen LogP contribution in [0.4, 0.5) is 0 Å². The summed E-state index contributed by atoms with van der Waals surface area (Å²) in [7, 11) is 0. The Hall–Kier alpha value is -0.820. The van der Waals surface area contributed by atoms with Crippen molar-refractivity contribution in [3.05, 3.63) is 35.4 Å². The number of benzene rings is 1. The highest BCUT2D eigenvalue weighted by molar-refractivity contribution is 5.31. The zero-order valence-corrected chi connectivity index (χ0v) is 15.2. The Balaban J connectivity index is 1.66. The van der Waals surface area contributed by atoms with Crippen LogP contribution in [-0.4, -0.2) is 5.11 Å². The second-order valence-electron chi connectivity index (χ2n) is 8.45. The summed E-state index contributed by atoms with van der Waals surface area (Å²) in [6, 6.07) is 8.41. The summed E-state index contributed by atoms with van der Waals surface area (Å²) >= 11 is 0. The van der Waals surface area contributed by atoms with Crippen LogP contribution in [0.2, 0.25) is 0 Å². The Bertz CT molecular complexity index is 522. The Kier molecular flexibility index (Phi) is 5.16. The molecule has 128 valence electrons. The fourth-order valence-electron chi connectivity index (χ4n) is 5.57. The van der Waals surface area contributed by atoms with Crippen molar-refractivity contribution in [1.82, 2.24) is 0 Å². The number of hydrogen-bond acceptors (Lipinski definition) is 1. The van der Waals surface area contributed by atoms with E-state index in [0.29, 0.717) is 0 Å². The van der Waals surface area contributed by atoms with E-state index in [1.54, 1.807) is 0 Å². The Morgan fingerprint density at radius 2 is 1.96 bits per heavy atom. The maximum Gasteiger partial charge on any atom is 0.0899 e. The number of fused-ring (bicyclic) bond motifs is 2. The average molecular weight is 315 g/mol. The van der Waals surface area contributed by atoms with E-state index in [0.717, 1.165) is 48.5 Å². The monoisotopic (exact) mass is 314 g/mol. The molecule has 1 aromatic rings. The van der Waals surface area contributed by atoms with Gasteiger partial charge in [0.25, 0.3) is 0 Å².